The third kappa shape index (κ3) is 3.63. The molecule has 0 saturated heterocycles. The van der Waals surface area contributed by atoms with Crippen molar-refractivity contribution in [3.05, 3.63) is 51.5 Å². The number of rotatable bonds is 4. The number of fused-ring (bicyclic) bond motifs is 1. The number of carbonyl (C=O) groups is 1. The average molecular weight is 328 g/mol. The molecule has 0 spiro atoms. The first-order valence-electron chi connectivity index (χ1n) is 8.34. The monoisotopic (exact) mass is 328 g/mol. The predicted molar refractivity (Wildman–Crippen MR) is 94.5 cm³/mol. The van der Waals surface area contributed by atoms with E-state index in [1.165, 1.54) is 16.1 Å². The van der Waals surface area contributed by atoms with Gasteiger partial charge >= 0.3 is 0 Å². The zero-order valence-electron chi connectivity index (χ0n) is 14.1. The highest BCUT2D eigenvalue weighted by Crippen LogP contribution is 2.31. The van der Waals surface area contributed by atoms with E-state index in [0.717, 1.165) is 24.3 Å². The van der Waals surface area contributed by atoms with E-state index in [0.29, 0.717) is 12.5 Å². The van der Waals surface area contributed by atoms with Gasteiger partial charge in [0.25, 0.3) is 0 Å². The quantitative estimate of drug-likeness (QED) is 0.850. The number of aromatic nitrogens is 1. The molecule has 122 valence electrons. The van der Waals surface area contributed by atoms with Crippen LogP contribution in [0.4, 0.5) is 0 Å². The molecule has 1 atom stereocenters. The Labute approximate surface area is 142 Å². The zero-order valence-corrected chi connectivity index (χ0v) is 14.9. The van der Waals surface area contributed by atoms with Crippen LogP contribution < -0.4 is 0 Å². The number of carbonyl (C=O) groups excluding carboxylic acids is 1. The second kappa shape index (κ2) is 6.83. The van der Waals surface area contributed by atoms with Crippen molar-refractivity contribution in [3.63, 3.8) is 0 Å². The fourth-order valence-electron chi connectivity index (χ4n) is 3.24. The first-order valence-corrected chi connectivity index (χ1v) is 9.16. The number of thiazole rings is 1. The van der Waals surface area contributed by atoms with Crippen LogP contribution in [0.1, 0.15) is 41.4 Å². The Bertz CT molecular complexity index is 678. The fraction of sp³-hybridized carbons (Fsp3) is 0.474. The highest BCUT2D eigenvalue weighted by atomic mass is 32.1. The molecule has 1 amide bonds. The van der Waals surface area contributed by atoms with Gasteiger partial charge in [0.05, 0.1) is 10.7 Å². The summed E-state index contributed by atoms with van der Waals surface area (Å²) in [5, 5.41) is 1.12. The molecule has 0 bridgehead atoms. The van der Waals surface area contributed by atoms with Gasteiger partial charge in [-0.15, -0.1) is 11.3 Å². The van der Waals surface area contributed by atoms with Crippen LogP contribution in [0.15, 0.2) is 30.3 Å². The van der Waals surface area contributed by atoms with Crippen molar-refractivity contribution >= 4 is 17.2 Å². The van der Waals surface area contributed by atoms with Gasteiger partial charge in [-0.25, -0.2) is 4.98 Å². The third-order valence-corrected chi connectivity index (χ3v) is 5.53. The Balaban J connectivity index is 1.74. The standard InChI is InChI=1S/C19H24N2OS/c1-13(2)21(12-15-7-5-4-6-8-15)19(22)16-9-10-17-18(11-16)23-14(3)20-17/h4-8,13,16H,9-12H2,1-3H3. The molecular weight excluding hydrogens is 304 g/mol. The molecule has 1 unspecified atom stereocenters. The summed E-state index contributed by atoms with van der Waals surface area (Å²) in [5.41, 5.74) is 2.41. The Morgan fingerprint density at radius 3 is 2.78 bits per heavy atom. The second-order valence-electron chi connectivity index (χ2n) is 6.59. The molecule has 1 aromatic heterocycles. The van der Waals surface area contributed by atoms with E-state index in [1.54, 1.807) is 11.3 Å². The zero-order chi connectivity index (χ0) is 16.4. The van der Waals surface area contributed by atoms with E-state index in [4.69, 9.17) is 0 Å². The topological polar surface area (TPSA) is 33.2 Å². The smallest absolute Gasteiger partial charge is 0.226 e. The summed E-state index contributed by atoms with van der Waals surface area (Å²) in [6, 6.07) is 10.5. The lowest BCUT2D eigenvalue weighted by Crippen LogP contribution is -2.41. The largest absolute Gasteiger partial charge is 0.336 e. The van der Waals surface area contributed by atoms with Crippen LogP contribution in [0.2, 0.25) is 0 Å². The highest BCUT2D eigenvalue weighted by Gasteiger charge is 2.31. The van der Waals surface area contributed by atoms with Crippen LogP contribution in [0.5, 0.6) is 0 Å². The minimum absolute atomic E-state index is 0.105. The summed E-state index contributed by atoms with van der Waals surface area (Å²) in [5.74, 6) is 0.397. The molecule has 4 heteroatoms. The molecule has 1 aliphatic rings. The molecule has 0 aliphatic heterocycles. The maximum absolute atomic E-state index is 13.1. The Morgan fingerprint density at radius 1 is 1.35 bits per heavy atom. The van der Waals surface area contributed by atoms with Gasteiger partial charge in [-0.2, -0.15) is 0 Å². The van der Waals surface area contributed by atoms with Crippen molar-refractivity contribution in [3.8, 4) is 0 Å². The molecule has 1 aromatic carbocycles. The van der Waals surface area contributed by atoms with E-state index in [2.05, 4.69) is 37.9 Å². The molecule has 0 saturated carbocycles. The molecule has 23 heavy (non-hydrogen) atoms. The number of benzene rings is 1. The molecule has 0 radical (unpaired) electrons. The van der Waals surface area contributed by atoms with Gasteiger partial charge in [0.15, 0.2) is 0 Å². The third-order valence-electron chi connectivity index (χ3n) is 4.50. The van der Waals surface area contributed by atoms with Gasteiger partial charge in [-0.3, -0.25) is 4.79 Å². The van der Waals surface area contributed by atoms with Crippen molar-refractivity contribution in [2.45, 2.75) is 52.6 Å². The lowest BCUT2D eigenvalue weighted by molar-refractivity contribution is -0.138. The number of hydrogen-bond acceptors (Lipinski definition) is 3. The first-order chi connectivity index (χ1) is 11.0. The second-order valence-corrected chi connectivity index (χ2v) is 7.88. The molecule has 3 nitrogen and oxygen atoms in total. The van der Waals surface area contributed by atoms with Crippen molar-refractivity contribution < 1.29 is 4.79 Å². The summed E-state index contributed by atoms with van der Waals surface area (Å²) in [6.07, 6.45) is 2.72. The number of hydrogen-bond donors (Lipinski definition) is 0. The van der Waals surface area contributed by atoms with E-state index in [1.807, 2.05) is 23.1 Å². The normalized spacial score (nSPS) is 17.1. The van der Waals surface area contributed by atoms with E-state index < -0.39 is 0 Å². The lowest BCUT2D eigenvalue weighted by Gasteiger charge is -2.32. The van der Waals surface area contributed by atoms with E-state index >= 15 is 0 Å². The lowest BCUT2D eigenvalue weighted by atomic mass is 9.89. The highest BCUT2D eigenvalue weighted by molar-refractivity contribution is 7.11. The van der Waals surface area contributed by atoms with Crippen LogP contribution in [0.25, 0.3) is 0 Å². The molecule has 1 aliphatic carbocycles. The van der Waals surface area contributed by atoms with Crippen molar-refractivity contribution in [1.82, 2.24) is 9.88 Å². The summed E-state index contributed by atoms with van der Waals surface area (Å²) in [4.78, 5) is 21.0. The van der Waals surface area contributed by atoms with Gasteiger partial charge in [-0.1, -0.05) is 30.3 Å². The van der Waals surface area contributed by atoms with Crippen LogP contribution in [0, 0.1) is 12.8 Å². The predicted octanol–water partition coefficient (Wildman–Crippen LogP) is 3.99. The molecule has 3 rings (SSSR count). The first kappa shape index (κ1) is 16.2. The van der Waals surface area contributed by atoms with Crippen molar-refractivity contribution in [2.24, 2.45) is 5.92 Å². The summed E-state index contributed by atoms with van der Waals surface area (Å²) >= 11 is 1.75. The van der Waals surface area contributed by atoms with Gasteiger partial charge < -0.3 is 4.90 Å². The average Bonchev–Trinajstić information content (AvgIpc) is 2.91. The number of aryl methyl sites for hydroxylation is 2. The van der Waals surface area contributed by atoms with E-state index in [9.17, 15) is 4.79 Å². The Kier molecular flexibility index (Phi) is 4.81. The molecule has 1 heterocycles. The SMILES string of the molecule is Cc1nc2c(s1)CC(C(=O)N(Cc1ccccc1)C(C)C)CC2. The molecule has 0 N–H and O–H groups in total. The maximum Gasteiger partial charge on any atom is 0.226 e. The minimum Gasteiger partial charge on any atom is -0.336 e. The minimum atomic E-state index is 0.105. The Morgan fingerprint density at radius 2 is 2.09 bits per heavy atom. The summed E-state index contributed by atoms with van der Waals surface area (Å²) in [7, 11) is 0. The summed E-state index contributed by atoms with van der Waals surface area (Å²) < 4.78 is 0. The number of amides is 1. The molecule has 2 aromatic rings. The van der Waals surface area contributed by atoms with Gasteiger partial charge in [0.1, 0.15) is 0 Å². The van der Waals surface area contributed by atoms with Gasteiger partial charge in [0, 0.05) is 23.4 Å². The van der Waals surface area contributed by atoms with Gasteiger partial charge in [0.2, 0.25) is 5.91 Å². The van der Waals surface area contributed by atoms with Gasteiger partial charge in [-0.05, 0) is 45.6 Å². The van der Waals surface area contributed by atoms with Crippen LogP contribution in [0.3, 0.4) is 0 Å². The van der Waals surface area contributed by atoms with Crippen LogP contribution in [-0.2, 0) is 24.2 Å². The van der Waals surface area contributed by atoms with Crippen LogP contribution >= 0.6 is 11.3 Å². The van der Waals surface area contributed by atoms with Crippen molar-refractivity contribution in [1.29, 1.82) is 0 Å². The fourth-order valence-corrected chi connectivity index (χ4v) is 4.31. The number of nitrogens with zero attached hydrogens (tertiary/aromatic N) is 2. The molecular formula is C19H24N2OS. The maximum atomic E-state index is 13.1. The van der Waals surface area contributed by atoms with Crippen molar-refractivity contribution in [2.75, 3.05) is 0 Å². The van der Waals surface area contributed by atoms with Crippen LogP contribution in [-0.4, -0.2) is 21.8 Å². The Hall–Kier alpha value is -1.68. The molecule has 0 fully saturated rings. The summed E-state index contributed by atoms with van der Waals surface area (Å²) in [6.45, 7) is 6.95. The van der Waals surface area contributed by atoms with E-state index in [-0.39, 0.29) is 12.0 Å².